The van der Waals surface area contributed by atoms with Crippen LogP contribution in [0.4, 0.5) is 17.1 Å². The molecule has 0 bridgehead atoms. The number of hydrogen-bond donors (Lipinski definition) is 0. The number of thiophene rings is 1. The maximum atomic E-state index is 6.22. The van der Waals surface area contributed by atoms with Crippen LogP contribution in [0.2, 0.25) is 0 Å². The molecule has 0 aliphatic heterocycles. The molecule has 2 aromatic heterocycles. The highest BCUT2D eigenvalue weighted by Crippen LogP contribution is 2.47. The third-order valence-electron chi connectivity index (χ3n) is 11.1. The van der Waals surface area contributed by atoms with Crippen LogP contribution < -0.4 is 4.90 Å². The van der Waals surface area contributed by atoms with Crippen molar-refractivity contribution >= 4 is 70.5 Å². The molecule has 11 rings (SSSR count). The fourth-order valence-corrected chi connectivity index (χ4v) is 9.61. The smallest absolute Gasteiger partial charge is 0.135 e. The average molecular weight is 746 g/mol. The molecule has 0 aliphatic carbocycles. The predicted octanol–water partition coefficient (Wildman–Crippen LogP) is 16.1. The molecule has 2 nitrogen and oxygen atoms in total. The Morgan fingerprint density at radius 3 is 1.67 bits per heavy atom. The van der Waals surface area contributed by atoms with Crippen LogP contribution in [0.25, 0.3) is 86.6 Å². The molecule has 0 atom stereocenters. The molecule has 0 radical (unpaired) electrons. The molecule has 0 unspecified atom stereocenters. The Labute approximate surface area is 335 Å². The zero-order valence-corrected chi connectivity index (χ0v) is 31.8. The molecule has 0 saturated heterocycles. The van der Waals surface area contributed by atoms with Crippen LogP contribution in [0.5, 0.6) is 0 Å². The summed E-state index contributed by atoms with van der Waals surface area (Å²) < 4.78 is 8.77. The van der Waals surface area contributed by atoms with Gasteiger partial charge in [0.25, 0.3) is 0 Å². The van der Waals surface area contributed by atoms with Crippen molar-refractivity contribution in [2.45, 2.75) is 0 Å². The Bertz CT molecular complexity index is 3230. The summed E-state index contributed by atoms with van der Waals surface area (Å²) in [5.41, 5.74) is 14.6. The molecule has 268 valence electrons. The van der Waals surface area contributed by atoms with Crippen LogP contribution in [0.1, 0.15) is 0 Å². The van der Waals surface area contributed by atoms with Crippen LogP contribution >= 0.6 is 11.3 Å². The monoisotopic (exact) mass is 745 g/mol. The van der Waals surface area contributed by atoms with Crippen LogP contribution in [-0.4, -0.2) is 0 Å². The zero-order chi connectivity index (χ0) is 37.7. The molecule has 0 aliphatic rings. The summed E-state index contributed by atoms with van der Waals surface area (Å²) in [5.74, 6) is 0. The van der Waals surface area contributed by atoms with E-state index >= 15 is 0 Å². The van der Waals surface area contributed by atoms with Crippen LogP contribution in [0.15, 0.2) is 217 Å². The first kappa shape index (κ1) is 33.2. The van der Waals surface area contributed by atoms with Crippen molar-refractivity contribution in [2.24, 2.45) is 0 Å². The van der Waals surface area contributed by atoms with Crippen molar-refractivity contribution in [2.75, 3.05) is 4.90 Å². The van der Waals surface area contributed by atoms with Crippen LogP contribution in [-0.2, 0) is 0 Å². The highest BCUT2D eigenvalue weighted by Gasteiger charge is 2.21. The maximum Gasteiger partial charge on any atom is 0.135 e. The number of benzene rings is 9. The fraction of sp³-hybridized carbons (Fsp3) is 0. The van der Waals surface area contributed by atoms with E-state index in [9.17, 15) is 0 Å². The molecule has 57 heavy (non-hydrogen) atoms. The number of furan rings is 1. The molecule has 9 aromatic carbocycles. The maximum absolute atomic E-state index is 6.22. The molecule has 0 amide bonds. The number of anilines is 3. The number of para-hydroxylation sites is 1. The standard InChI is InChI=1S/C54H35NOS/c1-3-14-36(15-4-1)42-18-7-8-19-43(42)38-26-29-40(30-27-38)55(50-23-13-22-47-46-21-10-12-25-53(46)57-54(47)50)41-31-32-44(48(35-41)37-16-5-2-6-17-37)39-28-33-52-49(34-39)45-20-9-11-24-51(45)56-52/h1-35H. The van der Waals surface area contributed by atoms with E-state index in [2.05, 4.69) is 205 Å². The molecular weight excluding hydrogens is 711 g/mol. The second-order valence-corrected chi connectivity index (χ2v) is 15.5. The van der Waals surface area contributed by atoms with Gasteiger partial charge in [-0.3, -0.25) is 0 Å². The summed E-state index contributed by atoms with van der Waals surface area (Å²) in [4.78, 5) is 2.44. The zero-order valence-electron chi connectivity index (χ0n) is 31.0. The van der Waals surface area contributed by atoms with Gasteiger partial charge in [-0.2, -0.15) is 0 Å². The van der Waals surface area contributed by atoms with Gasteiger partial charge in [-0.25, -0.2) is 0 Å². The van der Waals surface area contributed by atoms with E-state index < -0.39 is 0 Å². The Morgan fingerprint density at radius 1 is 0.333 bits per heavy atom. The Hall–Kier alpha value is -7.20. The van der Waals surface area contributed by atoms with Crippen molar-refractivity contribution < 1.29 is 4.42 Å². The SMILES string of the molecule is c1ccc(-c2ccccc2-c2ccc(N(c3ccc(-c4ccc5oc6ccccc6c5c4)c(-c4ccccc4)c3)c3cccc4c3sc3ccccc34)cc2)cc1. The third kappa shape index (κ3) is 5.80. The van der Waals surface area contributed by atoms with E-state index in [-0.39, 0.29) is 0 Å². The van der Waals surface area contributed by atoms with Gasteiger partial charge in [0, 0.05) is 37.6 Å². The quantitative estimate of drug-likeness (QED) is 0.162. The van der Waals surface area contributed by atoms with Crippen molar-refractivity contribution in [1.82, 2.24) is 0 Å². The van der Waals surface area contributed by atoms with E-state index in [0.29, 0.717) is 0 Å². The van der Waals surface area contributed by atoms with E-state index in [1.54, 1.807) is 0 Å². The molecule has 0 spiro atoms. The van der Waals surface area contributed by atoms with E-state index in [1.165, 1.54) is 59.1 Å². The van der Waals surface area contributed by atoms with Gasteiger partial charge in [-0.15, -0.1) is 11.3 Å². The predicted molar refractivity (Wildman–Crippen MR) is 243 cm³/mol. The molecular formula is C54H35NOS. The number of nitrogens with zero attached hydrogens (tertiary/aromatic N) is 1. The summed E-state index contributed by atoms with van der Waals surface area (Å²) in [6, 6.07) is 76.5. The lowest BCUT2D eigenvalue weighted by atomic mass is 9.92. The minimum absolute atomic E-state index is 0.898. The van der Waals surface area contributed by atoms with E-state index in [4.69, 9.17) is 4.42 Å². The highest BCUT2D eigenvalue weighted by molar-refractivity contribution is 7.26. The van der Waals surface area contributed by atoms with Crippen LogP contribution in [0.3, 0.4) is 0 Å². The summed E-state index contributed by atoms with van der Waals surface area (Å²) in [6.07, 6.45) is 0. The molecule has 2 heterocycles. The molecule has 0 N–H and O–H groups in total. The Morgan fingerprint density at radius 2 is 0.895 bits per heavy atom. The van der Waals surface area contributed by atoms with Gasteiger partial charge in [0.1, 0.15) is 11.2 Å². The second kappa shape index (κ2) is 13.8. The van der Waals surface area contributed by atoms with Gasteiger partial charge in [0.05, 0.1) is 10.4 Å². The largest absolute Gasteiger partial charge is 0.456 e. The number of hydrogen-bond acceptors (Lipinski definition) is 3. The lowest BCUT2D eigenvalue weighted by Crippen LogP contribution is -2.10. The highest BCUT2D eigenvalue weighted by atomic mass is 32.1. The fourth-order valence-electron chi connectivity index (χ4n) is 8.40. The van der Waals surface area contributed by atoms with Gasteiger partial charge in [-0.1, -0.05) is 158 Å². The minimum atomic E-state index is 0.898. The normalized spacial score (nSPS) is 11.5. The van der Waals surface area contributed by atoms with Crippen LogP contribution in [0, 0.1) is 0 Å². The second-order valence-electron chi connectivity index (χ2n) is 14.5. The average Bonchev–Trinajstić information content (AvgIpc) is 3.86. The number of fused-ring (bicyclic) bond motifs is 6. The van der Waals surface area contributed by atoms with Crippen molar-refractivity contribution in [3.05, 3.63) is 212 Å². The lowest BCUT2D eigenvalue weighted by molar-refractivity contribution is 0.669. The van der Waals surface area contributed by atoms with Gasteiger partial charge < -0.3 is 9.32 Å². The number of rotatable bonds is 7. The third-order valence-corrected chi connectivity index (χ3v) is 12.3. The van der Waals surface area contributed by atoms with Gasteiger partial charge >= 0.3 is 0 Å². The topological polar surface area (TPSA) is 16.4 Å². The first-order valence-electron chi connectivity index (χ1n) is 19.3. The molecule has 3 heteroatoms. The summed E-state index contributed by atoms with van der Waals surface area (Å²) in [7, 11) is 0. The minimum Gasteiger partial charge on any atom is -0.456 e. The van der Waals surface area contributed by atoms with E-state index in [1.807, 2.05) is 23.5 Å². The Kier molecular flexibility index (Phi) is 8.04. The molecule has 11 aromatic rings. The van der Waals surface area contributed by atoms with Gasteiger partial charge in [-0.05, 0) is 99.1 Å². The Balaban J connectivity index is 1.11. The van der Waals surface area contributed by atoms with Crippen molar-refractivity contribution in [3.8, 4) is 44.5 Å². The lowest BCUT2D eigenvalue weighted by Gasteiger charge is -2.27. The van der Waals surface area contributed by atoms with Gasteiger partial charge in [0.15, 0.2) is 0 Å². The van der Waals surface area contributed by atoms with Crippen molar-refractivity contribution in [3.63, 3.8) is 0 Å². The first-order valence-corrected chi connectivity index (χ1v) is 20.1. The molecule has 0 saturated carbocycles. The summed E-state index contributed by atoms with van der Waals surface area (Å²) in [6.45, 7) is 0. The molecule has 0 fully saturated rings. The summed E-state index contributed by atoms with van der Waals surface area (Å²) >= 11 is 1.86. The van der Waals surface area contributed by atoms with E-state index in [0.717, 1.165) is 44.6 Å². The van der Waals surface area contributed by atoms with Crippen molar-refractivity contribution in [1.29, 1.82) is 0 Å². The summed E-state index contributed by atoms with van der Waals surface area (Å²) in [5, 5.41) is 4.81. The van der Waals surface area contributed by atoms with Gasteiger partial charge in [0.2, 0.25) is 0 Å². The first-order chi connectivity index (χ1) is 28.3.